The van der Waals surface area contributed by atoms with Crippen molar-refractivity contribution in [3.8, 4) is 0 Å². The van der Waals surface area contributed by atoms with Gasteiger partial charge in [-0.1, -0.05) is 18.2 Å². The molecule has 24 heavy (non-hydrogen) atoms. The Morgan fingerprint density at radius 3 is 2.58 bits per heavy atom. The van der Waals surface area contributed by atoms with Crippen LogP contribution in [0, 0.1) is 0 Å². The highest BCUT2D eigenvalue weighted by Gasteiger charge is 2.21. The van der Waals surface area contributed by atoms with Gasteiger partial charge in [0.1, 0.15) is 5.69 Å². The third kappa shape index (κ3) is 4.65. The maximum atomic E-state index is 12.3. The minimum Gasteiger partial charge on any atom is -0.348 e. The summed E-state index contributed by atoms with van der Waals surface area (Å²) in [5.74, 6) is 1.16. The molecule has 1 N–H and O–H groups in total. The predicted octanol–water partition coefficient (Wildman–Crippen LogP) is 3.01. The standard InChI is InChI=1S/C19H25N3OS/c1-21-11-5-8-18(21)19(23)20-16-9-12-22(13-10-16)14-15-24-17-6-3-2-4-7-17/h2-8,11,16H,9-10,12-15H2,1H3,(H,20,23). The molecule has 0 atom stereocenters. The number of aryl methyl sites for hydroxylation is 1. The number of aromatic nitrogens is 1. The topological polar surface area (TPSA) is 37.3 Å². The molecule has 0 spiro atoms. The van der Waals surface area contributed by atoms with Crippen LogP contribution in [0.3, 0.4) is 0 Å². The maximum absolute atomic E-state index is 12.3. The maximum Gasteiger partial charge on any atom is 0.268 e. The van der Waals surface area contributed by atoms with Gasteiger partial charge < -0.3 is 14.8 Å². The fourth-order valence-electron chi connectivity index (χ4n) is 3.07. The molecule has 1 fully saturated rings. The number of carbonyl (C=O) groups excluding carboxylic acids is 1. The van der Waals surface area contributed by atoms with Crippen molar-refractivity contribution in [3.05, 3.63) is 54.4 Å². The van der Waals surface area contributed by atoms with Gasteiger partial charge in [-0.3, -0.25) is 4.79 Å². The minimum atomic E-state index is 0.0422. The van der Waals surface area contributed by atoms with E-state index in [1.807, 2.05) is 41.7 Å². The van der Waals surface area contributed by atoms with Gasteiger partial charge in [0.25, 0.3) is 5.91 Å². The lowest BCUT2D eigenvalue weighted by Gasteiger charge is -2.32. The van der Waals surface area contributed by atoms with E-state index in [4.69, 9.17) is 0 Å². The summed E-state index contributed by atoms with van der Waals surface area (Å²) in [5.41, 5.74) is 0.733. The molecule has 4 nitrogen and oxygen atoms in total. The van der Waals surface area contributed by atoms with Gasteiger partial charge in [0.2, 0.25) is 0 Å². The number of piperidine rings is 1. The third-order valence-electron chi connectivity index (χ3n) is 4.52. The second-order valence-electron chi connectivity index (χ2n) is 6.26. The summed E-state index contributed by atoms with van der Waals surface area (Å²) in [7, 11) is 1.90. The molecule has 2 heterocycles. The molecule has 0 saturated carbocycles. The molecule has 1 aromatic carbocycles. The first-order valence-corrected chi connectivity index (χ1v) is 9.53. The van der Waals surface area contributed by atoms with Gasteiger partial charge in [0, 0.05) is 49.6 Å². The van der Waals surface area contributed by atoms with Crippen molar-refractivity contribution in [1.29, 1.82) is 0 Å². The summed E-state index contributed by atoms with van der Waals surface area (Å²) in [5, 5.41) is 3.17. The molecule has 1 amide bonds. The van der Waals surface area contributed by atoms with E-state index in [9.17, 15) is 4.79 Å². The van der Waals surface area contributed by atoms with E-state index in [1.54, 1.807) is 0 Å². The molecular formula is C19H25N3OS. The van der Waals surface area contributed by atoms with E-state index < -0.39 is 0 Å². The Morgan fingerprint density at radius 2 is 1.92 bits per heavy atom. The quantitative estimate of drug-likeness (QED) is 0.819. The van der Waals surface area contributed by atoms with Gasteiger partial charge in [-0.05, 0) is 37.1 Å². The second kappa shape index (κ2) is 8.40. The molecule has 0 aliphatic carbocycles. The number of carbonyl (C=O) groups is 1. The smallest absolute Gasteiger partial charge is 0.268 e. The molecule has 0 bridgehead atoms. The van der Waals surface area contributed by atoms with Crippen LogP contribution in [0.15, 0.2) is 53.6 Å². The number of hydrogen-bond donors (Lipinski definition) is 1. The van der Waals surface area contributed by atoms with Crippen molar-refractivity contribution in [3.63, 3.8) is 0 Å². The Labute approximate surface area is 148 Å². The van der Waals surface area contributed by atoms with Gasteiger partial charge >= 0.3 is 0 Å². The zero-order chi connectivity index (χ0) is 16.8. The molecule has 3 rings (SSSR count). The SMILES string of the molecule is Cn1cccc1C(=O)NC1CCN(CCSc2ccccc2)CC1. The van der Waals surface area contributed by atoms with Gasteiger partial charge in [-0.2, -0.15) is 0 Å². The summed E-state index contributed by atoms with van der Waals surface area (Å²) >= 11 is 1.91. The van der Waals surface area contributed by atoms with E-state index in [0.717, 1.165) is 43.9 Å². The Balaban J connectivity index is 1.37. The number of amides is 1. The second-order valence-corrected chi connectivity index (χ2v) is 7.42. The van der Waals surface area contributed by atoms with Crippen molar-refractivity contribution in [2.45, 2.75) is 23.8 Å². The lowest BCUT2D eigenvalue weighted by molar-refractivity contribution is 0.0904. The largest absolute Gasteiger partial charge is 0.348 e. The molecule has 1 aliphatic rings. The van der Waals surface area contributed by atoms with Gasteiger partial charge in [0.05, 0.1) is 0 Å². The molecule has 0 radical (unpaired) electrons. The summed E-state index contributed by atoms with van der Waals surface area (Å²) < 4.78 is 1.87. The molecule has 1 aliphatic heterocycles. The molecule has 0 unspecified atom stereocenters. The first kappa shape index (κ1) is 17.1. The van der Waals surface area contributed by atoms with Crippen molar-refractivity contribution < 1.29 is 4.79 Å². The summed E-state index contributed by atoms with van der Waals surface area (Å²) in [6.45, 7) is 3.24. The number of nitrogens with zero attached hydrogens (tertiary/aromatic N) is 2. The van der Waals surface area contributed by atoms with Gasteiger partial charge in [0.15, 0.2) is 0 Å². The zero-order valence-corrected chi connectivity index (χ0v) is 15.0. The monoisotopic (exact) mass is 343 g/mol. The lowest BCUT2D eigenvalue weighted by Crippen LogP contribution is -2.45. The van der Waals surface area contributed by atoms with E-state index >= 15 is 0 Å². The van der Waals surface area contributed by atoms with Crippen LogP contribution in [0.1, 0.15) is 23.3 Å². The molecule has 128 valence electrons. The van der Waals surface area contributed by atoms with Crippen LogP contribution in [-0.2, 0) is 7.05 Å². The van der Waals surface area contributed by atoms with Crippen LogP contribution in [0.5, 0.6) is 0 Å². The van der Waals surface area contributed by atoms with Crippen LogP contribution >= 0.6 is 11.8 Å². The average molecular weight is 343 g/mol. The minimum absolute atomic E-state index is 0.0422. The normalized spacial score (nSPS) is 16.2. The van der Waals surface area contributed by atoms with Crippen molar-refractivity contribution in [2.24, 2.45) is 7.05 Å². The zero-order valence-electron chi connectivity index (χ0n) is 14.1. The summed E-state index contributed by atoms with van der Waals surface area (Å²) in [6, 6.07) is 14.6. The van der Waals surface area contributed by atoms with Crippen LogP contribution in [0.4, 0.5) is 0 Å². The molecular weight excluding hydrogens is 318 g/mol. The van der Waals surface area contributed by atoms with Gasteiger partial charge in [-0.25, -0.2) is 0 Å². The number of nitrogens with one attached hydrogen (secondary N) is 1. The van der Waals surface area contributed by atoms with Crippen LogP contribution in [-0.4, -0.2) is 46.8 Å². The third-order valence-corrected chi connectivity index (χ3v) is 5.51. The molecule has 1 aromatic heterocycles. The van der Waals surface area contributed by atoms with E-state index in [-0.39, 0.29) is 5.91 Å². The van der Waals surface area contributed by atoms with E-state index in [2.05, 4.69) is 40.5 Å². The first-order chi connectivity index (χ1) is 11.7. The fraction of sp³-hybridized carbons (Fsp3) is 0.421. The Hall–Kier alpha value is -1.72. The Kier molecular flexibility index (Phi) is 5.99. The fourth-order valence-corrected chi connectivity index (χ4v) is 4.00. The number of rotatable bonds is 6. The van der Waals surface area contributed by atoms with E-state index in [1.165, 1.54) is 4.90 Å². The van der Waals surface area contributed by atoms with Crippen molar-refractivity contribution in [2.75, 3.05) is 25.4 Å². The predicted molar refractivity (Wildman–Crippen MR) is 99.5 cm³/mol. The van der Waals surface area contributed by atoms with Crippen molar-refractivity contribution >= 4 is 17.7 Å². The Bertz CT molecular complexity index is 648. The first-order valence-electron chi connectivity index (χ1n) is 8.55. The number of thioether (sulfide) groups is 1. The number of benzene rings is 1. The van der Waals surface area contributed by atoms with Crippen molar-refractivity contribution in [1.82, 2.24) is 14.8 Å². The number of hydrogen-bond acceptors (Lipinski definition) is 3. The van der Waals surface area contributed by atoms with Crippen LogP contribution < -0.4 is 5.32 Å². The highest BCUT2D eigenvalue weighted by Crippen LogP contribution is 2.18. The molecule has 2 aromatic rings. The highest BCUT2D eigenvalue weighted by atomic mass is 32.2. The average Bonchev–Trinajstić information content (AvgIpc) is 3.04. The Morgan fingerprint density at radius 1 is 1.17 bits per heavy atom. The van der Waals surface area contributed by atoms with Gasteiger partial charge in [-0.15, -0.1) is 11.8 Å². The molecule has 5 heteroatoms. The summed E-state index contributed by atoms with van der Waals surface area (Å²) in [6.07, 6.45) is 3.97. The van der Waals surface area contributed by atoms with Crippen LogP contribution in [0.2, 0.25) is 0 Å². The summed E-state index contributed by atoms with van der Waals surface area (Å²) in [4.78, 5) is 16.1. The lowest BCUT2D eigenvalue weighted by atomic mass is 10.0. The molecule has 1 saturated heterocycles. The highest BCUT2D eigenvalue weighted by molar-refractivity contribution is 7.99. The number of likely N-dealkylation sites (tertiary alicyclic amines) is 1. The van der Waals surface area contributed by atoms with Crippen LogP contribution in [0.25, 0.3) is 0 Å². The van der Waals surface area contributed by atoms with E-state index in [0.29, 0.717) is 6.04 Å².